The molecule has 0 radical (unpaired) electrons. The van der Waals surface area contributed by atoms with Gasteiger partial charge >= 0.3 is 0 Å². The van der Waals surface area contributed by atoms with Crippen molar-refractivity contribution < 1.29 is 0 Å². The Hall–Kier alpha value is -7.30. The van der Waals surface area contributed by atoms with Crippen LogP contribution >= 0.6 is 0 Å². The summed E-state index contributed by atoms with van der Waals surface area (Å²) in [5, 5.41) is 0. The molecule has 0 saturated heterocycles. The van der Waals surface area contributed by atoms with Gasteiger partial charge in [-0.15, -0.1) is 0 Å². The minimum atomic E-state index is -0.0834. The predicted molar refractivity (Wildman–Crippen MR) is 270 cm³/mol. The lowest BCUT2D eigenvalue weighted by Crippen LogP contribution is -2.23. The van der Waals surface area contributed by atoms with E-state index in [9.17, 15) is 0 Å². The van der Waals surface area contributed by atoms with E-state index in [1.807, 2.05) is 69.7 Å². The summed E-state index contributed by atoms with van der Waals surface area (Å²) < 4.78 is 2.45. The van der Waals surface area contributed by atoms with Crippen LogP contribution in [-0.4, -0.2) is 14.5 Å². The first kappa shape index (κ1) is 45.2. The van der Waals surface area contributed by atoms with Crippen molar-refractivity contribution in [1.82, 2.24) is 14.5 Å². The quantitative estimate of drug-likeness (QED) is 0.161. The van der Waals surface area contributed by atoms with Gasteiger partial charge in [0.15, 0.2) is 0 Å². The molecular formula is C59H60N4. The number of aromatic nitrogens is 3. The third kappa shape index (κ3) is 12.2. The summed E-state index contributed by atoms with van der Waals surface area (Å²) in [6, 6.07) is 68.4. The van der Waals surface area contributed by atoms with E-state index in [2.05, 4.69) is 218 Å². The maximum Gasteiger partial charge on any atom is 0.0644 e. The Labute approximate surface area is 376 Å². The highest BCUT2D eigenvalue weighted by Gasteiger charge is 2.22. The summed E-state index contributed by atoms with van der Waals surface area (Å²) in [7, 11) is 0. The van der Waals surface area contributed by atoms with Gasteiger partial charge < -0.3 is 9.47 Å². The Morgan fingerprint density at radius 1 is 0.349 bits per heavy atom. The van der Waals surface area contributed by atoms with Gasteiger partial charge in [0, 0.05) is 46.9 Å². The van der Waals surface area contributed by atoms with Crippen LogP contribution in [0.3, 0.4) is 0 Å². The van der Waals surface area contributed by atoms with Crippen molar-refractivity contribution in [2.45, 2.75) is 60.9 Å². The van der Waals surface area contributed by atoms with Gasteiger partial charge in [0.05, 0.1) is 11.9 Å². The lowest BCUT2D eigenvalue weighted by molar-refractivity contribution is 0.407. The second kappa shape index (κ2) is 22.0. The monoisotopic (exact) mass is 824 g/mol. The molecule has 4 nitrogen and oxygen atoms in total. The van der Waals surface area contributed by atoms with E-state index in [1.165, 1.54) is 61.5 Å². The lowest BCUT2D eigenvalue weighted by atomic mass is 10.0. The number of pyridine rings is 2. The molecule has 0 aliphatic heterocycles. The minimum absolute atomic E-state index is 0.0834. The van der Waals surface area contributed by atoms with Crippen LogP contribution < -0.4 is 4.90 Å². The van der Waals surface area contributed by atoms with Gasteiger partial charge in [-0.2, -0.15) is 0 Å². The summed E-state index contributed by atoms with van der Waals surface area (Å²) in [6.07, 6.45) is 7.33. The van der Waals surface area contributed by atoms with E-state index in [0.29, 0.717) is 0 Å². The van der Waals surface area contributed by atoms with Crippen LogP contribution in [0.15, 0.2) is 219 Å². The van der Waals surface area contributed by atoms with Crippen LogP contribution in [0.5, 0.6) is 0 Å². The van der Waals surface area contributed by atoms with Crippen molar-refractivity contribution in [1.29, 1.82) is 0 Å². The number of aryl methyl sites for hydroxylation is 3. The Morgan fingerprint density at radius 3 is 1.10 bits per heavy atom. The van der Waals surface area contributed by atoms with Crippen molar-refractivity contribution in [3.8, 4) is 44.8 Å². The molecule has 0 spiro atoms. The molecule has 3 heterocycles. The van der Waals surface area contributed by atoms with Crippen molar-refractivity contribution in [3.63, 3.8) is 0 Å². The molecule has 0 amide bonds. The van der Waals surface area contributed by atoms with Crippen molar-refractivity contribution in [3.05, 3.63) is 236 Å². The number of benzene rings is 6. The van der Waals surface area contributed by atoms with Gasteiger partial charge in [-0.3, -0.25) is 9.97 Å². The topological polar surface area (TPSA) is 34.0 Å². The van der Waals surface area contributed by atoms with Gasteiger partial charge in [0.2, 0.25) is 0 Å². The highest BCUT2D eigenvalue weighted by atomic mass is 15.1. The van der Waals surface area contributed by atoms with Crippen LogP contribution in [0.25, 0.3) is 44.8 Å². The van der Waals surface area contributed by atoms with Gasteiger partial charge in [-0.05, 0) is 135 Å². The molecule has 0 fully saturated rings. The number of nitrogens with zero attached hydrogens (tertiary/aromatic N) is 4. The van der Waals surface area contributed by atoms with E-state index in [4.69, 9.17) is 0 Å². The summed E-state index contributed by atoms with van der Waals surface area (Å²) in [5.41, 5.74) is 16.7. The fourth-order valence-corrected chi connectivity index (χ4v) is 7.31. The molecule has 3 aromatic heterocycles. The molecular weight excluding hydrogens is 765 g/mol. The highest BCUT2D eigenvalue weighted by Crippen LogP contribution is 2.39. The zero-order valence-corrected chi connectivity index (χ0v) is 38.1. The Kier molecular flexibility index (Phi) is 15.8. The predicted octanol–water partition coefficient (Wildman–Crippen LogP) is 16.5. The maximum atomic E-state index is 4.42. The van der Waals surface area contributed by atoms with Crippen molar-refractivity contribution in [2.24, 2.45) is 0 Å². The van der Waals surface area contributed by atoms with Gasteiger partial charge in [0.1, 0.15) is 0 Å². The average molecular weight is 825 g/mol. The van der Waals surface area contributed by atoms with E-state index in [0.717, 1.165) is 17.1 Å². The molecule has 0 atom stereocenters. The zero-order valence-electron chi connectivity index (χ0n) is 38.1. The van der Waals surface area contributed by atoms with E-state index in [1.54, 1.807) is 6.20 Å². The summed E-state index contributed by atoms with van der Waals surface area (Å²) in [6.45, 7) is 17.1. The van der Waals surface area contributed by atoms with Crippen molar-refractivity contribution in [2.75, 3.05) is 4.90 Å². The number of rotatable bonds is 7. The van der Waals surface area contributed by atoms with Gasteiger partial charge in [0.25, 0.3) is 0 Å². The number of hydrogen-bond acceptors (Lipinski definition) is 3. The minimum Gasteiger partial charge on any atom is -0.335 e. The smallest absolute Gasteiger partial charge is 0.0644 e. The molecule has 6 aromatic carbocycles. The summed E-state index contributed by atoms with van der Waals surface area (Å²) >= 11 is 0. The highest BCUT2D eigenvalue weighted by molar-refractivity contribution is 5.80. The van der Waals surface area contributed by atoms with Gasteiger partial charge in [-0.25, -0.2) is 0 Å². The summed E-state index contributed by atoms with van der Waals surface area (Å²) in [5.74, 6) is 0. The van der Waals surface area contributed by atoms with Crippen LogP contribution in [0, 0.1) is 20.8 Å². The molecule has 316 valence electrons. The lowest BCUT2D eigenvalue weighted by Gasteiger charge is -2.28. The molecule has 0 N–H and O–H groups in total. The standard InChI is InChI=1S/C38H35N3.C13H12.C6H7N.C2H6/c1-28-12-14-31(15-13-28)36-24-25-37(41(36)38(2,3)4)32-18-22-34(23-19-32)40(35-11-8-26-39-27-35)33-20-16-30(17-21-33)29-9-6-5-7-10-29;1-11-7-9-13(10-8-11)12-5-3-2-4-6-12;1-6-3-2-4-7-5-6;1-2/h5-27H,1-4H3;2-10H,1H3;2-5H,1H3;1-2H3. The molecule has 9 aromatic rings. The molecule has 0 aliphatic rings. The molecule has 4 heteroatoms. The largest absolute Gasteiger partial charge is 0.335 e. The Bertz CT molecular complexity index is 2680. The second-order valence-electron chi connectivity index (χ2n) is 16.2. The van der Waals surface area contributed by atoms with E-state index < -0.39 is 0 Å². The molecule has 0 saturated carbocycles. The normalized spacial score (nSPS) is 10.5. The Morgan fingerprint density at radius 2 is 0.730 bits per heavy atom. The van der Waals surface area contributed by atoms with E-state index in [-0.39, 0.29) is 5.54 Å². The zero-order chi connectivity index (χ0) is 44.6. The summed E-state index contributed by atoms with van der Waals surface area (Å²) in [4.78, 5) is 10.6. The van der Waals surface area contributed by atoms with Crippen LogP contribution in [0.4, 0.5) is 17.1 Å². The average Bonchev–Trinajstić information content (AvgIpc) is 3.79. The maximum absolute atomic E-state index is 4.42. The molecule has 9 rings (SSSR count). The Balaban J connectivity index is 0.000000244. The first-order valence-corrected chi connectivity index (χ1v) is 21.9. The fraction of sp³-hybridized carbons (Fsp3) is 0.153. The second-order valence-corrected chi connectivity index (χ2v) is 16.2. The molecule has 0 aliphatic carbocycles. The van der Waals surface area contributed by atoms with Crippen LogP contribution in [0.2, 0.25) is 0 Å². The number of anilines is 3. The first-order valence-electron chi connectivity index (χ1n) is 21.9. The first-order chi connectivity index (χ1) is 30.6. The van der Waals surface area contributed by atoms with E-state index >= 15 is 0 Å². The van der Waals surface area contributed by atoms with Crippen LogP contribution in [0.1, 0.15) is 51.3 Å². The number of hydrogen-bond donors (Lipinski definition) is 0. The molecule has 0 bridgehead atoms. The van der Waals surface area contributed by atoms with Crippen LogP contribution in [-0.2, 0) is 5.54 Å². The van der Waals surface area contributed by atoms with Crippen molar-refractivity contribution >= 4 is 17.1 Å². The molecule has 63 heavy (non-hydrogen) atoms. The SMILES string of the molecule is CC.Cc1ccc(-c2ccc(-c3ccc(N(c4ccc(-c5ccccc5)cc4)c4cccnc4)cc3)n2C(C)(C)C)cc1.Cc1ccc(-c2ccccc2)cc1.Cc1cccnc1. The third-order valence-electron chi connectivity index (χ3n) is 10.4. The molecule has 0 unspecified atom stereocenters. The fourth-order valence-electron chi connectivity index (χ4n) is 7.31. The van der Waals surface area contributed by atoms with Gasteiger partial charge in [-0.1, -0.05) is 165 Å². The third-order valence-corrected chi connectivity index (χ3v) is 10.4.